The van der Waals surface area contributed by atoms with Crippen molar-refractivity contribution in [1.82, 2.24) is 0 Å². The van der Waals surface area contributed by atoms with E-state index < -0.39 is 0 Å². The zero-order chi connectivity index (χ0) is 34.7. The van der Waals surface area contributed by atoms with Crippen LogP contribution in [-0.4, -0.2) is 0 Å². The number of hydrogen-bond acceptors (Lipinski definition) is 0. The molecule has 0 unspecified atom stereocenters. The van der Waals surface area contributed by atoms with Gasteiger partial charge in [0, 0.05) is 16.7 Å². The smallest absolute Gasteiger partial charge is 0.0346 e. The second-order valence-electron chi connectivity index (χ2n) is 17.8. The first kappa shape index (κ1) is 31.8. The molecule has 0 nitrogen and oxygen atoms in total. The van der Waals surface area contributed by atoms with Crippen LogP contribution in [0, 0.1) is 0 Å². The summed E-state index contributed by atoms with van der Waals surface area (Å²) in [5.74, 6) is 0.105. The van der Waals surface area contributed by atoms with Gasteiger partial charge in [-0.05, 0) is 106 Å². The summed E-state index contributed by atoms with van der Waals surface area (Å²) in [6.07, 6.45) is 0. The van der Waals surface area contributed by atoms with Gasteiger partial charge in [0.25, 0.3) is 0 Å². The predicted octanol–water partition coefficient (Wildman–Crippen LogP) is 13.2. The molecule has 0 aromatic heterocycles. The summed E-state index contributed by atoms with van der Waals surface area (Å²) in [6, 6.07) is 44.8. The van der Waals surface area contributed by atoms with Gasteiger partial charge in [-0.3, -0.25) is 0 Å². The molecule has 0 N–H and O–H groups in total. The summed E-state index contributed by atoms with van der Waals surface area (Å²) in [4.78, 5) is 0. The van der Waals surface area contributed by atoms with E-state index in [2.05, 4.69) is 184 Å². The molecule has 6 aromatic rings. The van der Waals surface area contributed by atoms with Gasteiger partial charge in [-0.1, -0.05) is 172 Å². The monoisotopic (exact) mass is 638 g/mol. The molecule has 2 aliphatic rings. The van der Waals surface area contributed by atoms with Gasteiger partial charge in [-0.2, -0.15) is 0 Å². The van der Waals surface area contributed by atoms with Gasteiger partial charge in [0.1, 0.15) is 0 Å². The van der Waals surface area contributed by atoms with Gasteiger partial charge in [0.2, 0.25) is 0 Å². The lowest BCUT2D eigenvalue weighted by atomic mass is 9.76. The highest BCUT2D eigenvalue weighted by Crippen LogP contribution is 2.58. The molecule has 0 fully saturated rings. The van der Waals surface area contributed by atoms with E-state index in [-0.39, 0.29) is 27.6 Å². The van der Waals surface area contributed by atoms with Crippen LogP contribution in [0.5, 0.6) is 0 Å². The first-order valence-corrected chi connectivity index (χ1v) is 18.1. The minimum atomic E-state index is -0.142. The lowest BCUT2D eigenvalue weighted by molar-refractivity contribution is 0.589. The van der Waals surface area contributed by atoms with Crippen LogP contribution in [0.1, 0.15) is 125 Å². The highest BCUT2D eigenvalue weighted by Gasteiger charge is 2.42. The summed E-state index contributed by atoms with van der Waals surface area (Å²) < 4.78 is 0. The molecule has 6 aromatic carbocycles. The zero-order valence-corrected chi connectivity index (χ0v) is 31.0. The van der Waals surface area contributed by atoms with Gasteiger partial charge >= 0.3 is 0 Å². The van der Waals surface area contributed by atoms with Gasteiger partial charge in [-0.25, -0.2) is 0 Å². The Labute approximate surface area is 294 Å². The van der Waals surface area contributed by atoms with Crippen molar-refractivity contribution >= 4 is 10.8 Å². The second kappa shape index (κ2) is 10.5. The Bertz CT molecular complexity index is 2200. The fraction of sp³-hybridized carbons (Fsp3) is 0.306. The summed E-state index contributed by atoms with van der Waals surface area (Å²) in [5.41, 5.74) is 18.2. The minimum absolute atomic E-state index is 0.0346. The molecule has 0 spiro atoms. The van der Waals surface area contributed by atoms with E-state index in [4.69, 9.17) is 0 Å². The van der Waals surface area contributed by atoms with Crippen molar-refractivity contribution in [3.8, 4) is 22.3 Å². The molecule has 49 heavy (non-hydrogen) atoms. The number of fused-ring (bicyclic) bond motifs is 8. The summed E-state index contributed by atoms with van der Waals surface area (Å²) in [7, 11) is 0. The van der Waals surface area contributed by atoms with Gasteiger partial charge in [-0.15, -0.1) is 0 Å². The summed E-state index contributed by atoms with van der Waals surface area (Å²) in [6.45, 7) is 23.5. The number of hydrogen-bond donors (Lipinski definition) is 0. The Morgan fingerprint density at radius 3 is 1.47 bits per heavy atom. The minimum Gasteiger partial charge on any atom is -0.0619 e. The molecule has 0 radical (unpaired) electrons. The highest BCUT2D eigenvalue weighted by molar-refractivity contribution is 6.05. The Balaban J connectivity index is 1.38. The van der Waals surface area contributed by atoms with Crippen LogP contribution < -0.4 is 0 Å². The molecule has 0 bridgehead atoms. The van der Waals surface area contributed by atoms with E-state index in [0.29, 0.717) is 0 Å². The van der Waals surface area contributed by atoms with Crippen molar-refractivity contribution in [2.24, 2.45) is 0 Å². The third-order valence-electron chi connectivity index (χ3n) is 11.9. The first-order valence-electron chi connectivity index (χ1n) is 18.1. The van der Waals surface area contributed by atoms with E-state index in [1.807, 2.05) is 0 Å². The molecule has 0 heteroatoms. The average molecular weight is 639 g/mol. The highest BCUT2D eigenvalue weighted by atomic mass is 14.5. The SMILES string of the molecule is CC(C)(C)c1ccc(C(c2ccc(C(C)(C)C)cc2)c2cc3c(c4ccccc24)-c2cc4c(cc2C3(C)C)-c2ccccc2C4(C)C)cc1. The molecule has 2 aliphatic carbocycles. The van der Waals surface area contributed by atoms with Crippen molar-refractivity contribution in [3.63, 3.8) is 0 Å². The predicted molar refractivity (Wildman–Crippen MR) is 210 cm³/mol. The second-order valence-corrected chi connectivity index (χ2v) is 17.8. The summed E-state index contributed by atoms with van der Waals surface area (Å²) >= 11 is 0. The van der Waals surface area contributed by atoms with E-state index in [0.717, 1.165) is 0 Å². The molecular weight excluding hydrogens is 589 g/mol. The topological polar surface area (TPSA) is 0 Å². The van der Waals surface area contributed by atoms with Crippen LogP contribution in [0.4, 0.5) is 0 Å². The van der Waals surface area contributed by atoms with E-state index >= 15 is 0 Å². The van der Waals surface area contributed by atoms with Crippen molar-refractivity contribution in [2.45, 2.75) is 96.8 Å². The van der Waals surface area contributed by atoms with Crippen molar-refractivity contribution < 1.29 is 0 Å². The third kappa shape index (κ3) is 4.78. The molecule has 0 heterocycles. The first-order chi connectivity index (χ1) is 23.1. The van der Waals surface area contributed by atoms with Crippen LogP contribution in [0.2, 0.25) is 0 Å². The molecular formula is C49H50. The van der Waals surface area contributed by atoms with E-state index in [1.165, 1.54) is 83.1 Å². The number of rotatable bonds is 3. The van der Waals surface area contributed by atoms with Crippen molar-refractivity contribution in [3.05, 3.63) is 165 Å². The standard InChI is InChI=1S/C49H50/c1-46(2,3)32-23-19-30(20-24-32)44(31-21-25-33(26-22-31)47(4,5)6)38-28-43-45(36-17-12-11-15-34(36)38)39-29-41-37(27-42(39)49(43,9)10)35-16-13-14-18-40(35)48(41,7)8/h11-29,44H,1-10H3. The van der Waals surface area contributed by atoms with Gasteiger partial charge in [0.05, 0.1) is 0 Å². The number of benzene rings is 6. The normalized spacial score (nSPS) is 15.7. The average Bonchev–Trinajstić information content (AvgIpc) is 3.43. The Morgan fingerprint density at radius 1 is 0.429 bits per heavy atom. The third-order valence-corrected chi connectivity index (χ3v) is 11.9. The van der Waals surface area contributed by atoms with E-state index in [9.17, 15) is 0 Å². The molecule has 246 valence electrons. The molecule has 0 aliphatic heterocycles. The maximum absolute atomic E-state index is 2.59. The molecule has 8 rings (SSSR count). The Morgan fingerprint density at radius 2 is 0.898 bits per heavy atom. The Kier molecular flexibility index (Phi) is 6.85. The van der Waals surface area contributed by atoms with E-state index in [1.54, 1.807) is 0 Å². The molecule has 0 saturated carbocycles. The van der Waals surface area contributed by atoms with Crippen molar-refractivity contribution in [1.29, 1.82) is 0 Å². The van der Waals surface area contributed by atoms with Gasteiger partial charge < -0.3 is 0 Å². The molecule has 0 saturated heterocycles. The summed E-state index contributed by atoms with van der Waals surface area (Å²) in [5, 5.41) is 2.70. The van der Waals surface area contributed by atoms with Crippen LogP contribution in [0.15, 0.2) is 115 Å². The van der Waals surface area contributed by atoms with Crippen molar-refractivity contribution in [2.75, 3.05) is 0 Å². The fourth-order valence-electron chi connectivity index (χ4n) is 8.94. The maximum atomic E-state index is 2.59. The maximum Gasteiger partial charge on any atom is 0.0346 e. The zero-order valence-electron chi connectivity index (χ0n) is 31.0. The fourth-order valence-corrected chi connectivity index (χ4v) is 8.94. The van der Waals surface area contributed by atoms with Crippen LogP contribution in [0.3, 0.4) is 0 Å². The Hall–Kier alpha value is -4.42. The lowest BCUT2D eigenvalue weighted by Crippen LogP contribution is -2.17. The quantitative estimate of drug-likeness (QED) is 0.169. The lowest BCUT2D eigenvalue weighted by Gasteiger charge is -2.28. The van der Waals surface area contributed by atoms with Crippen LogP contribution >= 0.6 is 0 Å². The van der Waals surface area contributed by atoms with Gasteiger partial charge in [0.15, 0.2) is 0 Å². The molecule has 0 amide bonds. The largest absolute Gasteiger partial charge is 0.0619 e. The van der Waals surface area contributed by atoms with Crippen LogP contribution in [0.25, 0.3) is 33.0 Å². The molecule has 0 atom stereocenters. The van der Waals surface area contributed by atoms with Crippen LogP contribution in [-0.2, 0) is 21.7 Å².